The van der Waals surface area contributed by atoms with Crippen molar-refractivity contribution in [1.29, 1.82) is 0 Å². The number of morpholine rings is 1. The number of urea groups is 1. The van der Waals surface area contributed by atoms with Gasteiger partial charge in [-0.3, -0.25) is 15.0 Å². The summed E-state index contributed by atoms with van der Waals surface area (Å²) in [6, 6.07) is 7.97. The number of nitrogens with one attached hydrogen (secondary N) is 3. The third-order valence-electron chi connectivity index (χ3n) is 6.72. The van der Waals surface area contributed by atoms with Crippen LogP contribution in [0.4, 0.5) is 48.5 Å². The van der Waals surface area contributed by atoms with Gasteiger partial charge in [0.1, 0.15) is 29.9 Å². The molecule has 4 heterocycles. The summed E-state index contributed by atoms with van der Waals surface area (Å²) in [5.41, 5.74) is 6.10. The molecule has 0 bridgehead atoms. The summed E-state index contributed by atoms with van der Waals surface area (Å²) in [6.45, 7) is 0.424. The lowest BCUT2D eigenvalue weighted by atomic mass is 9.99. The van der Waals surface area contributed by atoms with Gasteiger partial charge in [0.05, 0.1) is 24.5 Å². The first kappa shape index (κ1) is 31.5. The van der Waals surface area contributed by atoms with Crippen molar-refractivity contribution < 1.29 is 40.7 Å². The number of anilines is 3. The highest BCUT2D eigenvalue weighted by molar-refractivity contribution is 6.08. The Morgan fingerprint density at radius 1 is 0.978 bits per heavy atom. The van der Waals surface area contributed by atoms with E-state index in [1.54, 1.807) is 0 Å². The van der Waals surface area contributed by atoms with E-state index in [2.05, 4.69) is 25.7 Å². The molecular weight excluding hydrogens is 612 g/mol. The summed E-state index contributed by atoms with van der Waals surface area (Å²) in [7, 11) is 0. The minimum Gasteiger partial charge on any atom is -0.382 e. The Bertz CT molecular complexity index is 1700. The molecule has 1 fully saturated rings. The Labute approximate surface area is 250 Å². The second kappa shape index (κ2) is 12.6. The Balaban J connectivity index is 1.48. The number of hydrogen-bond acceptors (Lipinski definition) is 8. The van der Waals surface area contributed by atoms with E-state index in [0.29, 0.717) is 31.9 Å². The predicted molar refractivity (Wildman–Crippen MR) is 149 cm³/mol. The van der Waals surface area contributed by atoms with Crippen LogP contribution in [0.3, 0.4) is 0 Å². The number of fused-ring (bicyclic) bond motifs is 1. The van der Waals surface area contributed by atoms with Gasteiger partial charge in [0.15, 0.2) is 5.82 Å². The third-order valence-corrected chi connectivity index (χ3v) is 6.72. The van der Waals surface area contributed by atoms with Crippen LogP contribution in [0.2, 0.25) is 0 Å². The maximum Gasteiger partial charge on any atom is 0.433 e. The van der Waals surface area contributed by atoms with Crippen LogP contribution in [0.1, 0.15) is 21.7 Å². The first-order valence-electron chi connectivity index (χ1n) is 13.3. The molecule has 12 nitrogen and oxygen atoms in total. The van der Waals surface area contributed by atoms with Crippen molar-refractivity contribution in [2.24, 2.45) is 0 Å². The minimum atomic E-state index is -4.70. The normalized spacial score (nSPS) is 14.4. The van der Waals surface area contributed by atoms with Crippen molar-refractivity contribution in [2.75, 3.05) is 49.2 Å². The van der Waals surface area contributed by atoms with Crippen LogP contribution in [0, 0.1) is 0 Å². The zero-order valence-electron chi connectivity index (χ0n) is 23.2. The number of rotatable bonds is 7. The molecule has 5 N–H and O–H groups in total. The monoisotopic (exact) mass is 637 g/mol. The lowest BCUT2D eigenvalue weighted by molar-refractivity contribution is -0.141. The lowest BCUT2D eigenvalue weighted by Crippen LogP contribution is -2.37. The van der Waals surface area contributed by atoms with Gasteiger partial charge in [-0.2, -0.15) is 31.4 Å². The van der Waals surface area contributed by atoms with Crippen LogP contribution in [-0.4, -0.2) is 75.4 Å². The lowest BCUT2D eigenvalue weighted by Gasteiger charge is -2.26. The highest BCUT2D eigenvalue weighted by Crippen LogP contribution is 2.37. The standard InChI is InChI=1S/C27H25F6N9O3/c28-26(29,30)13-35-24(43)21-17(12-41-8-10-45-11-9-41)42-22(23(34)36-14-37-42)20(21)15-4-6-16(7-5-15)38-25(44)40-19-3-1-2-18(39-19)27(31,32)33/h1-7,14H,8-13H2,(H,35,43)(H2,34,36,37)(H2,38,39,40,44). The zero-order valence-corrected chi connectivity index (χ0v) is 23.2. The van der Waals surface area contributed by atoms with Crippen LogP contribution in [0.25, 0.3) is 16.6 Å². The fraction of sp³-hybridized carbons (Fsp3) is 0.296. The summed E-state index contributed by atoms with van der Waals surface area (Å²) in [5, 5.41) is 10.9. The van der Waals surface area contributed by atoms with Gasteiger partial charge >= 0.3 is 18.4 Å². The molecule has 238 valence electrons. The molecule has 4 aromatic rings. The van der Waals surface area contributed by atoms with Crippen molar-refractivity contribution in [3.63, 3.8) is 0 Å². The Morgan fingerprint density at radius 3 is 2.36 bits per heavy atom. The molecule has 0 aliphatic carbocycles. The number of alkyl halides is 6. The molecule has 0 unspecified atom stereocenters. The molecule has 1 aliphatic heterocycles. The average Bonchev–Trinajstić information content (AvgIpc) is 3.31. The number of hydrogen-bond donors (Lipinski definition) is 4. The Kier molecular flexibility index (Phi) is 8.78. The van der Waals surface area contributed by atoms with E-state index in [0.717, 1.165) is 18.5 Å². The molecule has 0 atom stereocenters. The molecule has 1 saturated heterocycles. The van der Waals surface area contributed by atoms with Crippen LogP contribution >= 0.6 is 0 Å². The van der Waals surface area contributed by atoms with E-state index in [9.17, 15) is 35.9 Å². The molecule has 5 rings (SSSR count). The molecule has 1 aromatic carbocycles. The van der Waals surface area contributed by atoms with Crippen molar-refractivity contribution >= 4 is 34.8 Å². The van der Waals surface area contributed by atoms with Crippen molar-refractivity contribution in [3.05, 3.63) is 65.7 Å². The number of carbonyl (C=O) groups is 2. The quantitative estimate of drug-likeness (QED) is 0.221. The highest BCUT2D eigenvalue weighted by Gasteiger charge is 2.34. The number of nitrogens with zero attached hydrogens (tertiary/aromatic N) is 5. The van der Waals surface area contributed by atoms with Gasteiger partial charge in [-0.1, -0.05) is 18.2 Å². The van der Waals surface area contributed by atoms with Crippen LogP contribution in [0.5, 0.6) is 0 Å². The predicted octanol–water partition coefficient (Wildman–Crippen LogP) is 4.16. The largest absolute Gasteiger partial charge is 0.433 e. The maximum atomic E-state index is 13.4. The van der Waals surface area contributed by atoms with Crippen LogP contribution < -0.4 is 21.7 Å². The van der Waals surface area contributed by atoms with E-state index in [1.165, 1.54) is 34.8 Å². The number of pyridine rings is 1. The number of aromatic nitrogens is 4. The maximum absolute atomic E-state index is 13.4. The molecular formula is C27H25F6N9O3. The van der Waals surface area contributed by atoms with Gasteiger partial charge in [0.25, 0.3) is 5.91 Å². The number of carbonyl (C=O) groups excluding carboxylic acids is 2. The highest BCUT2D eigenvalue weighted by atomic mass is 19.4. The molecule has 45 heavy (non-hydrogen) atoms. The summed E-state index contributed by atoms with van der Waals surface area (Å²) in [4.78, 5) is 35.2. The number of nitrogens with two attached hydrogens (primary N) is 1. The van der Waals surface area contributed by atoms with Crippen LogP contribution in [-0.2, 0) is 17.5 Å². The topological polar surface area (TPSA) is 152 Å². The van der Waals surface area contributed by atoms with E-state index in [-0.39, 0.29) is 46.2 Å². The molecule has 18 heteroatoms. The van der Waals surface area contributed by atoms with Crippen molar-refractivity contribution in [2.45, 2.75) is 18.9 Å². The Hall–Kier alpha value is -4.97. The number of halogens is 6. The van der Waals surface area contributed by atoms with Gasteiger partial charge in [0.2, 0.25) is 0 Å². The Morgan fingerprint density at radius 2 is 1.69 bits per heavy atom. The second-order valence-electron chi connectivity index (χ2n) is 9.85. The number of nitrogen functional groups attached to an aromatic ring is 1. The second-order valence-corrected chi connectivity index (χ2v) is 9.85. The van der Waals surface area contributed by atoms with E-state index >= 15 is 0 Å². The fourth-order valence-corrected chi connectivity index (χ4v) is 4.75. The first-order chi connectivity index (χ1) is 21.3. The molecule has 3 amide bonds. The molecule has 0 radical (unpaired) electrons. The summed E-state index contributed by atoms with van der Waals surface area (Å²) in [6.07, 6.45) is -8.21. The fourth-order valence-electron chi connectivity index (χ4n) is 4.75. The molecule has 3 aromatic heterocycles. The van der Waals surface area contributed by atoms with Crippen LogP contribution in [0.15, 0.2) is 48.8 Å². The molecule has 0 saturated carbocycles. The van der Waals surface area contributed by atoms with Crippen molar-refractivity contribution in [3.8, 4) is 11.1 Å². The SMILES string of the molecule is Nc1ncnn2c(CN3CCOCC3)c(C(=O)NCC(F)(F)F)c(-c3ccc(NC(=O)Nc4cccc(C(F)(F)F)n4)cc3)c12. The zero-order chi connectivity index (χ0) is 32.4. The average molecular weight is 638 g/mol. The summed E-state index contributed by atoms with van der Waals surface area (Å²) >= 11 is 0. The minimum absolute atomic E-state index is 0.0340. The van der Waals surface area contributed by atoms with Gasteiger partial charge in [0, 0.05) is 30.9 Å². The van der Waals surface area contributed by atoms with E-state index in [1.807, 2.05) is 10.2 Å². The third kappa shape index (κ3) is 7.40. The number of amides is 3. The van der Waals surface area contributed by atoms with Gasteiger partial charge in [-0.05, 0) is 29.8 Å². The summed E-state index contributed by atoms with van der Waals surface area (Å²) in [5.74, 6) is -1.38. The first-order valence-corrected chi connectivity index (χ1v) is 13.3. The molecule has 1 aliphatic rings. The van der Waals surface area contributed by atoms with Gasteiger partial charge in [-0.25, -0.2) is 19.3 Å². The van der Waals surface area contributed by atoms with E-state index in [4.69, 9.17) is 10.5 Å². The van der Waals surface area contributed by atoms with Crippen molar-refractivity contribution in [1.82, 2.24) is 29.8 Å². The number of ether oxygens (including phenoxy) is 1. The smallest absolute Gasteiger partial charge is 0.382 e. The molecule has 0 spiro atoms. The van der Waals surface area contributed by atoms with Gasteiger partial charge < -0.3 is 21.1 Å². The van der Waals surface area contributed by atoms with Gasteiger partial charge in [-0.15, -0.1) is 0 Å². The van der Waals surface area contributed by atoms with E-state index < -0.39 is 36.5 Å². The summed E-state index contributed by atoms with van der Waals surface area (Å²) < 4.78 is 84.8. The number of benzene rings is 1.